The van der Waals surface area contributed by atoms with E-state index in [1.54, 1.807) is 0 Å². The molecule has 0 spiro atoms. The second-order valence-electron chi connectivity index (χ2n) is 4.68. The molecule has 2 aliphatic rings. The summed E-state index contributed by atoms with van der Waals surface area (Å²) >= 11 is 0. The van der Waals surface area contributed by atoms with Gasteiger partial charge in [-0.25, -0.2) is 0 Å². The third-order valence-corrected chi connectivity index (χ3v) is 3.31. The average Bonchev–Trinajstić information content (AvgIpc) is 2.89. The average molecular weight is 196 g/mol. The van der Waals surface area contributed by atoms with Crippen molar-refractivity contribution in [2.24, 2.45) is 5.92 Å². The van der Waals surface area contributed by atoms with Gasteiger partial charge < -0.3 is 10.6 Å². The molecular formula is C11H20N2O. The molecule has 1 saturated heterocycles. The summed E-state index contributed by atoms with van der Waals surface area (Å²) in [5.74, 6) is 0.922. The van der Waals surface area contributed by atoms with Crippen molar-refractivity contribution in [3.05, 3.63) is 0 Å². The van der Waals surface area contributed by atoms with E-state index in [4.69, 9.17) is 0 Å². The van der Waals surface area contributed by atoms with Gasteiger partial charge in [-0.1, -0.05) is 19.8 Å². The molecular weight excluding hydrogens is 176 g/mol. The quantitative estimate of drug-likeness (QED) is 0.693. The SMILES string of the molecule is CC1CC1NC(=O)C1CCCCCN1. The van der Waals surface area contributed by atoms with Crippen LogP contribution in [0.1, 0.15) is 39.0 Å². The molecule has 2 fully saturated rings. The lowest BCUT2D eigenvalue weighted by Gasteiger charge is -2.15. The maximum Gasteiger partial charge on any atom is 0.237 e. The fourth-order valence-corrected chi connectivity index (χ4v) is 2.06. The number of hydrogen-bond acceptors (Lipinski definition) is 2. The maximum absolute atomic E-state index is 11.8. The van der Waals surface area contributed by atoms with Crippen molar-refractivity contribution in [2.75, 3.05) is 6.54 Å². The van der Waals surface area contributed by atoms with E-state index in [-0.39, 0.29) is 11.9 Å². The first-order chi connectivity index (χ1) is 6.77. The van der Waals surface area contributed by atoms with Crippen LogP contribution in [0.15, 0.2) is 0 Å². The van der Waals surface area contributed by atoms with E-state index in [1.165, 1.54) is 25.7 Å². The van der Waals surface area contributed by atoms with Gasteiger partial charge >= 0.3 is 0 Å². The minimum atomic E-state index is 0.0744. The van der Waals surface area contributed by atoms with Crippen LogP contribution in [0.3, 0.4) is 0 Å². The van der Waals surface area contributed by atoms with Gasteiger partial charge in [-0.05, 0) is 31.7 Å². The summed E-state index contributed by atoms with van der Waals surface area (Å²) in [4.78, 5) is 11.8. The Bertz CT molecular complexity index is 209. The summed E-state index contributed by atoms with van der Waals surface area (Å²) in [6.45, 7) is 3.18. The first-order valence-corrected chi connectivity index (χ1v) is 5.81. The maximum atomic E-state index is 11.8. The summed E-state index contributed by atoms with van der Waals surface area (Å²) < 4.78 is 0. The molecule has 1 amide bonds. The Labute approximate surface area is 85.6 Å². The monoisotopic (exact) mass is 196 g/mol. The first-order valence-electron chi connectivity index (χ1n) is 5.81. The molecule has 1 aliphatic heterocycles. The topological polar surface area (TPSA) is 41.1 Å². The third-order valence-electron chi connectivity index (χ3n) is 3.31. The van der Waals surface area contributed by atoms with Crippen LogP contribution in [0, 0.1) is 5.92 Å². The molecule has 3 heteroatoms. The van der Waals surface area contributed by atoms with Crippen molar-refractivity contribution < 1.29 is 4.79 Å². The minimum Gasteiger partial charge on any atom is -0.352 e. The molecule has 14 heavy (non-hydrogen) atoms. The number of nitrogens with one attached hydrogen (secondary N) is 2. The predicted octanol–water partition coefficient (Wildman–Crippen LogP) is 1.04. The van der Waals surface area contributed by atoms with Crippen LogP contribution in [-0.4, -0.2) is 24.5 Å². The fraction of sp³-hybridized carbons (Fsp3) is 0.909. The van der Waals surface area contributed by atoms with Gasteiger partial charge in [0.25, 0.3) is 0 Å². The molecule has 2 rings (SSSR count). The number of hydrogen-bond donors (Lipinski definition) is 2. The molecule has 3 nitrogen and oxygen atoms in total. The number of carbonyl (C=O) groups is 1. The van der Waals surface area contributed by atoms with E-state index in [9.17, 15) is 4.79 Å². The normalized spacial score (nSPS) is 37.4. The number of amides is 1. The zero-order valence-electron chi connectivity index (χ0n) is 8.88. The van der Waals surface area contributed by atoms with E-state index in [2.05, 4.69) is 17.6 Å². The molecule has 1 saturated carbocycles. The molecule has 0 aromatic rings. The number of rotatable bonds is 2. The van der Waals surface area contributed by atoms with E-state index in [1.807, 2.05) is 0 Å². The van der Waals surface area contributed by atoms with Crippen LogP contribution in [-0.2, 0) is 4.79 Å². The van der Waals surface area contributed by atoms with Gasteiger partial charge in [0, 0.05) is 6.04 Å². The lowest BCUT2D eigenvalue weighted by molar-refractivity contribution is -0.123. The van der Waals surface area contributed by atoms with Crippen LogP contribution in [0.25, 0.3) is 0 Å². The second kappa shape index (κ2) is 4.30. The molecule has 2 N–H and O–H groups in total. The van der Waals surface area contributed by atoms with E-state index >= 15 is 0 Å². The highest BCUT2D eigenvalue weighted by molar-refractivity contribution is 5.82. The zero-order chi connectivity index (χ0) is 9.97. The van der Waals surface area contributed by atoms with Crippen LogP contribution < -0.4 is 10.6 Å². The van der Waals surface area contributed by atoms with Gasteiger partial charge in [0.1, 0.15) is 0 Å². The minimum absolute atomic E-state index is 0.0744. The van der Waals surface area contributed by atoms with Crippen molar-refractivity contribution in [2.45, 2.75) is 51.1 Å². The molecule has 3 unspecified atom stereocenters. The smallest absolute Gasteiger partial charge is 0.237 e. The Balaban J connectivity index is 1.77. The molecule has 0 radical (unpaired) electrons. The third kappa shape index (κ3) is 2.47. The number of carbonyl (C=O) groups excluding carboxylic acids is 1. The summed E-state index contributed by atoms with van der Waals surface area (Å²) in [5.41, 5.74) is 0. The Hall–Kier alpha value is -0.570. The summed E-state index contributed by atoms with van der Waals surface area (Å²) in [6, 6.07) is 0.540. The molecule has 1 heterocycles. The Morgan fingerprint density at radius 1 is 1.36 bits per heavy atom. The summed E-state index contributed by atoms with van der Waals surface area (Å²) in [7, 11) is 0. The van der Waals surface area contributed by atoms with E-state index < -0.39 is 0 Å². The van der Waals surface area contributed by atoms with E-state index in [0.29, 0.717) is 12.0 Å². The Morgan fingerprint density at radius 3 is 2.86 bits per heavy atom. The fourth-order valence-electron chi connectivity index (χ4n) is 2.06. The van der Waals surface area contributed by atoms with Crippen molar-refractivity contribution >= 4 is 5.91 Å². The van der Waals surface area contributed by atoms with Crippen LogP contribution in [0.2, 0.25) is 0 Å². The van der Waals surface area contributed by atoms with E-state index in [0.717, 1.165) is 13.0 Å². The lowest BCUT2D eigenvalue weighted by atomic mass is 10.1. The molecule has 80 valence electrons. The largest absolute Gasteiger partial charge is 0.352 e. The van der Waals surface area contributed by atoms with Crippen molar-refractivity contribution in [3.8, 4) is 0 Å². The molecule has 0 bridgehead atoms. The highest BCUT2D eigenvalue weighted by Gasteiger charge is 2.35. The van der Waals surface area contributed by atoms with Gasteiger partial charge in [-0.3, -0.25) is 4.79 Å². The van der Waals surface area contributed by atoms with Crippen molar-refractivity contribution in [1.29, 1.82) is 0 Å². The zero-order valence-corrected chi connectivity index (χ0v) is 8.88. The highest BCUT2D eigenvalue weighted by Crippen LogP contribution is 2.29. The van der Waals surface area contributed by atoms with Crippen LogP contribution in [0.4, 0.5) is 0 Å². The Kier molecular flexibility index (Phi) is 3.06. The summed E-state index contributed by atoms with van der Waals surface area (Å²) in [5, 5.41) is 6.42. The van der Waals surface area contributed by atoms with Crippen molar-refractivity contribution in [1.82, 2.24) is 10.6 Å². The molecule has 1 aliphatic carbocycles. The molecule has 3 atom stereocenters. The second-order valence-corrected chi connectivity index (χ2v) is 4.68. The molecule has 0 aromatic carbocycles. The molecule has 0 aromatic heterocycles. The van der Waals surface area contributed by atoms with Gasteiger partial charge in [0.2, 0.25) is 5.91 Å². The highest BCUT2D eigenvalue weighted by atomic mass is 16.2. The first kappa shape index (κ1) is 9.97. The van der Waals surface area contributed by atoms with Gasteiger partial charge in [0.05, 0.1) is 6.04 Å². The Morgan fingerprint density at radius 2 is 2.14 bits per heavy atom. The van der Waals surface area contributed by atoms with Gasteiger partial charge in [-0.2, -0.15) is 0 Å². The van der Waals surface area contributed by atoms with Gasteiger partial charge in [-0.15, -0.1) is 0 Å². The van der Waals surface area contributed by atoms with Crippen LogP contribution >= 0.6 is 0 Å². The van der Waals surface area contributed by atoms with Crippen molar-refractivity contribution in [3.63, 3.8) is 0 Å². The predicted molar refractivity (Wildman–Crippen MR) is 56.0 cm³/mol. The van der Waals surface area contributed by atoms with Gasteiger partial charge in [0.15, 0.2) is 0 Å². The standard InChI is InChI=1S/C11H20N2O/c1-8-7-10(8)13-11(14)9-5-3-2-4-6-12-9/h8-10,12H,2-7H2,1H3,(H,13,14). The summed E-state index contributed by atoms with van der Waals surface area (Å²) in [6.07, 6.45) is 5.83. The van der Waals surface area contributed by atoms with Crippen LogP contribution in [0.5, 0.6) is 0 Å². The lowest BCUT2D eigenvalue weighted by Crippen LogP contribution is -2.44.